The first-order valence-corrected chi connectivity index (χ1v) is 9.34. The lowest BCUT2D eigenvalue weighted by molar-refractivity contribution is -0.141. The molecule has 0 unspecified atom stereocenters. The second-order valence-corrected chi connectivity index (χ2v) is 8.60. The summed E-state index contributed by atoms with van der Waals surface area (Å²) in [6.07, 6.45) is -2.80. The normalized spacial score (nSPS) is 16.4. The van der Waals surface area contributed by atoms with Crippen LogP contribution in [0.1, 0.15) is 42.0 Å². The van der Waals surface area contributed by atoms with Gasteiger partial charge in [-0.05, 0) is 46.0 Å². The number of ketones is 1. The van der Waals surface area contributed by atoms with Crippen LogP contribution in [0.15, 0.2) is 28.9 Å². The molecule has 0 aliphatic heterocycles. The Hall–Kier alpha value is -2.42. The molecule has 0 amide bonds. The van der Waals surface area contributed by atoms with Crippen LogP contribution in [0.4, 0.5) is 19.0 Å². The first-order chi connectivity index (χ1) is 13.0. The quantitative estimate of drug-likeness (QED) is 0.567. The first kappa shape index (κ1) is 18.9. The van der Waals surface area contributed by atoms with Gasteiger partial charge in [0.05, 0.1) is 16.9 Å². The van der Waals surface area contributed by atoms with Crippen LogP contribution in [0.3, 0.4) is 0 Å². The lowest BCUT2D eigenvalue weighted by Crippen LogP contribution is -2.29. The van der Waals surface area contributed by atoms with E-state index in [1.165, 1.54) is 10.9 Å². The summed E-state index contributed by atoms with van der Waals surface area (Å²) in [5.41, 5.74) is 4.71. The van der Waals surface area contributed by atoms with Crippen molar-refractivity contribution < 1.29 is 18.0 Å². The van der Waals surface area contributed by atoms with Crippen molar-refractivity contribution in [3.8, 4) is 5.69 Å². The second-order valence-electron chi connectivity index (χ2n) is 7.74. The Morgan fingerprint density at radius 3 is 2.61 bits per heavy atom. The molecule has 4 rings (SSSR count). The molecule has 0 saturated carbocycles. The molecule has 9 heteroatoms. The van der Waals surface area contributed by atoms with Gasteiger partial charge in [-0.25, -0.2) is 9.67 Å². The van der Waals surface area contributed by atoms with Crippen molar-refractivity contribution >= 4 is 38.3 Å². The number of carbonyl (C=O) groups excluding carboxylic acids is 1. The molecule has 3 aromatic rings. The average Bonchev–Trinajstić information content (AvgIpc) is 2.96. The molecule has 0 fully saturated rings. The third kappa shape index (κ3) is 2.97. The number of rotatable bonds is 1. The SMILES string of the molecule is CC1(C)CC(=O)c2c(C(F)(F)F)nn(-c3ccc4c(N)ncc(Br)c4c3)c2C1. The number of fused-ring (bicyclic) bond motifs is 2. The molecular weight excluding hydrogens is 437 g/mol. The smallest absolute Gasteiger partial charge is 0.383 e. The zero-order valence-corrected chi connectivity index (χ0v) is 16.6. The van der Waals surface area contributed by atoms with Gasteiger partial charge >= 0.3 is 6.18 Å². The summed E-state index contributed by atoms with van der Waals surface area (Å²) in [5, 5.41) is 5.19. The summed E-state index contributed by atoms with van der Waals surface area (Å²) in [4.78, 5) is 16.6. The Kier molecular flexibility index (Phi) is 4.08. The molecule has 0 spiro atoms. The Morgan fingerprint density at radius 2 is 1.93 bits per heavy atom. The van der Waals surface area contributed by atoms with Crippen LogP contribution in [0.25, 0.3) is 16.5 Å². The highest BCUT2D eigenvalue weighted by Crippen LogP contribution is 2.42. The highest BCUT2D eigenvalue weighted by atomic mass is 79.9. The Labute approximate surface area is 166 Å². The van der Waals surface area contributed by atoms with E-state index in [9.17, 15) is 18.0 Å². The van der Waals surface area contributed by atoms with Crippen molar-refractivity contribution in [2.75, 3.05) is 5.73 Å². The molecule has 5 nitrogen and oxygen atoms in total. The number of halogens is 4. The molecule has 0 saturated heterocycles. The molecule has 146 valence electrons. The molecule has 0 atom stereocenters. The average molecular weight is 453 g/mol. The van der Waals surface area contributed by atoms with Crippen LogP contribution in [0.5, 0.6) is 0 Å². The van der Waals surface area contributed by atoms with Gasteiger partial charge in [0.25, 0.3) is 0 Å². The van der Waals surface area contributed by atoms with E-state index < -0.39 is 23.1 Å². The zero-order chi connectivity index (χ0) is 20.4. The van der Waals surface area contributed by atoms with E-state index in [0.717, 1.165) is 0 Å². The Morgan fingerprint density at radius 1 is 1.21 bits per heavy atom. The number of pyridine rings is 1. The number of nitrogen functional groups attached to an aromatic ring is 1. The van der Waals surface area contributed by atoms with Gasteiger partial charge in [-0.15, -0.1) is 0 Å². The second kappa shape index (κ2) is 6.04. The molecule has 1 aliphatic carbocycles. The van der Waals surface area contributed by atoms with Crippen molar-refractivity contribution in [1.82, 2.24) is 14.8 Å². The number of anilines is 1. The number of benzene rings is 1. The first-order valence-electron chi connectivity index (χ1n) is 8.54. The molecular formula is C19H16BrF3N4O. The van der Waals surface area contributed by atoms with Gasteiger partial charge in [0.1, 0.15) is 5.82 Å². The van der Waals surface area contributed by atoms with Gasteiger partial charge in [-0.3, -0.25) is 4.79 Å². The third-order valence-corrected chi connectivity index (χ3v) is 5.54. The maximum absolute atomic E-state index is 13.6. The molecule has 2 aromatic heterocycles. The van der Waals surface area contributed by atoms with Crippen molar-refractivity contribution in [3.05, 3.63) is 45.8 Å². The molecule has 0 radical (unpaired) electrons. The van der Waals surface area contributed by atoms with Crippen molar-refractivity contribution in [3.63, 3.8) is 0 Å². The number of aromatic nitrogens is 3. The number of nitrogens with two attached hydrogens (primary N) is 1. The van der Waals surface area contributed by atoms with E-state index in [-0.39, 0.29) is 17.7 Å². The van der Waals surface area contributed by atoms with E-state index >= 15 is 0 Å². The Bertz CT molecular complexity index is 1130. The minimum Gasteiger partial charge on any atom is -0.383 e. The summed E-state index contributed by atoms with van der Waals surface area (Å²) in [6.45, 7) is 3.73. The van der Waals surface area contributed by atoms with Crippen LogP contribution >= 0.6 is 15.9 Å². The third-order valence-electron chi connectivity index (χ3n) is 4.91. The van der Waals surface area contributed by atoms with Gasteiger partial charge in [0, 0.05) is 27.9 Å². The molecule has 0 bridgehead atoms. The van der Waals surface area contributed by atoms with E-state index in [4.69, 9.17) is 5.73 Å². The number of hydrogen-bond donors (Lipinski definition) is 1. The van der Waals surface area contributed by atoms with Gasteiger partial charge in [0.2, 0.25) is 0 Å². The van der Waals surface area contributed by atoms with Crippen LogP contribution in [-0.4, -0.2) is 20.5 Å². The summed E-state index contributed by atoms with van der Waals surface area (Å²) in [7, 11) is 0. The summed E-state index contributed by atoms with van der Waals surface area (Å²) >= 11 is 3.40. The van der Waals surface area contributed by atoms with E-state index in [2.05, 4.69) is 26.0 Å². The fourth-order valence-corrected chi connectivity index (χ4v) is 4.14. The number of hydrogen-bond acceptors (Lipinski definition) is 4. The van der Waals surface area contributed by atoms with Gasteiger partial charge < -0.3 is 5.73 Å². The largest absolute Gasteiger partial charge is 0.435 e. The maximum Gasteiger partial charge on any atom is 0.435 e. The lowest BCUT2D eigenvalue weighted by Gasteiger charge is -2.29. The predicted molar refractivity (Wildman–Crippen MR) is 102 cm³/mol. The van der Waals surface area contributed by atoms with Crippen LogP contribution in [0.2, 0.25) is 0 Å². The number of alkyl halides is 3. The predicted octanol–water partition coefficient (Wildman–Crippen LogP) is 4.94. The van der Waals surface area contributed by atoms with E-state index in [0.29, 0.717) is 33.2 Å². The van der Waals surface area contributed by atoms with Crippen molar-refractivity contribution in [2.45, 2.75) is 32.9 Å². The summed E-state index contributed by atoms with van der Waals surface area (Å²) in [6, 6.07) is 5.01. The molecule has 1 aliphatic rings. The van der Waals surface area contributed by atoms with Crippen molar-refractivity contribution in [1.29, 1.82) is 0 Å². The highest BCUT2D eigenvalue weighted by Gasteiger charge is 2.45. The van der Waals surface area contributed by atoms with E-state index in [1.807, 2.05) is 13.8 Å². The van der Waals surface area contributed by atoms with Crippen LogP contribution < -0.4 is 5.73 Å². The van der Waals surface area contributed by atoms with Gasteiger partial charge in [-0.1, -0.05) is 13.8 Å². The summed E-state index contributed by atoms with van der Waals surface area (Å²) in [5.74, 6) is -0.209. The highest BCUT2D eigenvalue weighted by molar-refractivity contribution is 9.10. The standard InChI is InChI=1S/C19H16BrF3N4O/c1-18(2)6-13-15(14(28)7-18)16(19(21,22)23)26-27(13)9-3-4-10-11(5-9)12(20)8-25-17(10)24/h3-5,8H,6-7H2,1-2H3,(H2,24,25). The summed E-state index contributed by atoms with van der Waals surface area (Å²) < 4.78 is 42.6. The lowest BCUT2D eigenvalue weighted by atomic mass is 9.75. The molecule has 2 N–H and O–H groups in total. The van der Waals surface area contributed by atoms with Crippen LogP contribution in [0, 0.1) is 5.41 Å². The number of carbonyl (C=O) groups is 1. The molecule has 1 aromatic carbocycles. The molecule has 28 heavy (non-hydrogen) atoms. The minimum atomic E-state index is -4.71. The van der Waals surface area contributed by atoms with Crippen LogP contribution in [-0.2, 0) is 12.6 Å². The van der Waals surface area contributed by atoms with E-state index in [1.54, 1.807) is 18.2 Å². The maximum atomic E-state index is 13.6. The zero-order valence-electron chi connectivity index (χ0n) is 15.1. The monoisotopic (exact) mass is 452 g/mol. The number of nitrogens with zero attached hydrogens (tertiary/aromatic N) is 3. The molecule has 2 heterocycles. The number of Topliss-reactive ketones (excluding diaryl/α,β-unsaturated/α-hetero) is 1. The topological polar surface area (TPSA) is 73.8 Å². The van der Waals surface area contributed by atoms with Crippen molar-refractivity contribution in [2.24, 2.45) is 5.41 Å². The van der Waals surface area contributed by atoms with Gasteiger partial charge in [0.15, 0.2) is 11.5 Å². The Balaban J connectivity index is 2.00. The van der Waals surface area contributed by atoms with Gasteiger partial charge in [-0.2, -0.15) is 18.3 Å². The fourth-order valence-electron chi connectivity index (χ4n) is 3.71. The fraction of sp³-hybridized carbons (Fsp3) is 0.316. The minimum absolute atomic E-state index is 0.0558.